The van der Waals surface area contributed by atoms with Crippen LogP contribution in [-0.4, -0.2) is 41.5 Å². The molecule has 1 heterocycles. The summed E-state index contributed by atoms with van der Waals surface area (Å²) in [5, 5.41) is 10.3. The number of rotatable bonds is 2. The van der Waals surface area contributed by atoms with Crippen LogP contribution in [0.5, 0.6) is 0 Å². The van der Waals surface area contributed by atoms with Gasteiger partial charge in [0.15, 0.2) is 0 Å². The lowest BCUT2D eigenvalue weighted by Crippen LogP contribution is -2.43. The fourth-order valence-corrected chi connectivity index (χ4v) is 3.01. The number of thioether (sulfide) groups is 1. The molecular weight excluding hydrogens is 206 g/mol. The summed E-state index contributed by atoms with van der Waals surface area (Å²) in [6.07, 6.45) is 0.867. The van der Waals surface area contributed by atoms with Crippen LogP contribution in [0, 0.1) is 0 Å². The van der Waals surface area contributed by atoms with E-state index >= 15 is 0 Å². The molecule has 0 radical (unpaired) electrons. The van der Waals surface area contributed by atoms with Crippen LogP contribution in [0.2, 0.25) is 0 Å². The van der Waals surface area contributed by atoms with Crippen LogP contribution in [0.25, 0.3) is 0 Å². The van der Waals surface area contributed by atoms with E-state index in [0.717, 1.165) is 19.5 Å². The molecule has 0 spiro atoms. The Morgan fingerprint density at radius 1 is 1.33 bits per heavy atom. The second-order valence-corrected chi connectivity index (χ2v) is 5.40. The maximum absolute atomic E-state index is 9.94. The molecular formula is C12H17NOS. The third kappa shape index (κ3) is 2.97. The summed E-state index contributed by atoms with van der Waals surface area (Å²) in [6, 6.07) is 10.3. The number of nitrogens with zero attached hydrogens (tertiary/aromatic N) is 1. The Labute approximate surface area is 95.3 Å². The molecule has 2 atom stereocenters. The van der Waals surface area contributed by atoms with E-state index in [9.17, 15) is 5.11 Å². The van der Waals surface area contributed by atoms with Gasteiger partial charge < -0.3 is 10.0 Å². The molecule has 0 saturated carbocycles. The van der Waals surface area contributed by atoms with Crippen molar-refractivity contribution in [3.8, 4) is 0 Å². The maximum atomic E-state index is 9.94. The standard InChI is InChI=1S/C12H17NOS/c1-13-8-7-12(11(14)9-13)15-10-5-3-2-4-6-10/h2-6,11-12,14H,7-9H2,1H3/t11-,12-/m0/s1. The summed E-state index contributed by atoms with van der Waals surface area (Å²) < 4.78 is 0. The van der Waals surface area contributed by atoms with Gasteiger partial charge in [-0.15, -0.1) is 11.8 Å². The molecule has 1 aliphatic heterocycles. The SMILES string of the molecule is CN1CC[C@H](Sc2ccccc2)[C@@H](O)C1. The molecule has 0 amide bonds. The van der Waals surface area contributed by atoms with Crippen molar-refractivity contribution in [1.29, 1.82) is 0 Å². The molecule has 3 heteroatoms. The Balaban J connectivity index is 1.95. The zero-order valence-corrected chi connectivity index (χ0v) is 9.78. The van der Waals surface area contributed by atoms with Crippen molar-refractivity contribution in [3.05, 3.63) is 30.3 Å². The van der Waals surface area contributed by atoms with Crippen molar-refractivity contribution < 1.29 is 5.11 Å². The van der Waals surface area contributed by atoms with Crippen LogP contribution in [-0.2, 0) is 0 Å². The molecule has 1 aromatic rings. The lowest BCUT2D eigenvalue weighted by Gasteiger charge is -2.33. The Morgan fingerprint density at radius 3 is 2.73 bits per heavy atom. The second-order valence-electron chi connectivity index (χ2n) is 4.09. The fourth-order valence-electron chi connectivity index (χ4n) is 1.88. The Kier molecular flexibility index (Phi) is 3.67. The average molecular weight is 223 g/mol. The number of likely N-dealkylation sites (tertiary alicyclic amines) is 1. The van der Waals surface area contributed by atoms with E-state index in [2.05, 4.69) is 24.1 Å². The van der Waals surface area contributed by atoms with Gasteiger partial charge in [0.2, 0.25) is 0 Å². The number of hydrogen-bond donors (Lipinski definition) is 1. The van der Waals surface area contributed by atoms with Crippen molar-refractivity contribution in [2.75, 3.05) is 20.1 Å². The molecule has 2 nitrogen and oxygen atoms in total. The highest BCUT2D eigenvalue weighted by Gasteiger charge is 2.26. The average Bonchev–Trinajstić information content (AvgIpc) is 2.24. The van der Waals surface area contributed by atoms with E-state index in [4.69, 9.17) is 0 Å². The van der Waals surface area contributed by atoms with Gasteiger partial charge in [0, 0.05) is 16.7 Å². The van der Waals surface area contributed by atoms with Crippen molar-refractivity contribution >= 4 is 11.8 Å². The zero-order chi connectivity index (χ0) is 10.7. The van der Waals surface area contributed by atoms with Crippen molar-refractivity contribution in [1.82, 2.24) is 4.90 Å². The van der Waals surface area contributed by atoms with Gasteiger partial charge >= 0.3 is 0 Å². The first-order valence-corrected chi connectivity index (χ1v) is 6.22. The van der Waals surface area contributed by atoms with Crippen LogP contribution in [0.1, 0.15) is 6.42 Å². The number of hydrogen-bond acceptors (Lipinski definition) is 3. The molecule has 1 saturated heterocycles. The molecule has 2 rings (SSSR count). The highest BCUT2D eigenvalue weighted by molar-refractivity contribution is 8.00. The van der Waals surface area contributed by atoms with Gasteiger partial charge in [-0.2, -0.15) is 0 Å². The van der Waals surface area contributed by atoms with Crippen molar-refractivity contribution in [3.63, 3.8) is 0 Å². The molecule has 0 aliphatic carbocycles. The molecule has 15 heavy (non-hydrogen) atoms. The van der Waals surface area contributed by atoms with Crippen LogP contribution in [0.15, 0.2) is 35.2 Å². The van der Waals surface area contributed by atoms with E-state index < -0.39 is 0 Å². The quantitative estimate of drug-likeness (QED) is 0.827. The van der Waals surface area contributed by atoms with Gasteiger partial charge in [0.1, 0.15) is 0 Å². The smallest absolute Gasteiger partial charge is 0.0789 e. The number of β-amino-alcohol motifs (C(OH)–C–C–N with tert-alkyl or cyclic N) is 1. The summed E-state index contributed by atoms with van der Waals surface area (Å²) in [5.41, 5.74) is 0. The first-order chi connectivity index (χ1) is 7.25. The molecule has 1 aliphatic rings. The number of benzene rings is 1. The maximum Gasteiger partial charge on any atom is 0.0789 e. The second kappa shape index (κ2) is 5.01. The third-order valence-corrected chi connectivity index (χ3v) is 4.15. The number of piperidine rings is 1. The molecule has 1 fully saturated rings. The number of aliphatic hydroxyl groups excluding tert-OH is 1. The minimum atomic E-state index is -0.200. The van der Waals surface area contributed by atoms with E-state index in [1.54, 1.807) is 11.8 Å². The first-order valence-electron chi connectivity index (χ1n) is 5.34. The lowest BCUT2D eigenvalue weighted by molar-refractivity contribution is 0.0905. The normalized spacial score (nSPS) is 27.9. The predicted octanol–water partition coefficient (Wildman–Crippen LogP) is 1.84. The highest BCUT2D eigenvalue weighted by Crippen LogP contribution is 2.29. The first kappa shape index (κ1) is 11.0. The van der Waals surface area contributed by atoms with E-state index in [-0.39, 0.29) is 6.10 Å². The van der Waals surface area contributed by atoms with Crippen molar-refractivity contribution in [2.45, 2.75) is 22.7 Å². The van der Waals surface area contributed by atoms with E-state index in [0.29, 0.717) is 5.25 Å². The summed E-state index contributed by atoms with van der Waals surface area (Å²) >= 11 is 1.80. The van der Waals surface area contributed by atoms with Crippen LogP contribution >= 0.6 is 11.8 Å². The highest BCUT2D eigenvalue weighted by atomic mass is 32.2. The minimum Gasteiger partial charge on any atom is -0.391 e. The Bertz CT molecular complexity index is 304. The third-order valence-electron chi connectivity index (χ3n) is 2.75. The Morgan fingerprint density at radius 2 is 2.07 bits per heavy atom. The molecule has 1 N–H and O–H groups in total. The molecule has 0 unspecified atom stereocenters. The minimum absolute atomic E-state index is 0.200. The molecule has 1 aromatic carbocycles. The van der Waals surface area contributed by atoms with Gasteiger partial charge in [0.05, 0.1) is 6.10 Å². The van der Waals surface area contributed by atoms with Gasteiger partial charge in [-0.05, 0) is 32.1 Å². The summed E-state index contributed by atoms with van der Waals surface area (Å²) in [6.45, 7) is 1.88. The van der Waals surface area contributed by atoms with Crippen molar-refractivity contribution in [2.24, 2.45) is 0 Å². The largest absolute Gasteiger partial charge is 0.391 e. The summed E-state index contributed by atoms with van der Waals surface area (Å²) in [4.78, 5) is 3.44. The van der Waals surface area contributed by atoms with Crippen LogP contribution in [0.4, 0.5) is 0 Å². The van der Waals surface area contributed by atoms with Gasteiger partial charge in [-0.1, -0.05) is 18.2 Å². The number of likely N-dealkylation sites (N-methyl/N-ethyl adjacent to an activating group) is 1. The van der Waals surface area contributed by atoms with Crippen LogP contribution < -0.4 is 0 Å². The fraction of sp³-hybridized carbons (Fsp3) is 0.500. The van der Waals surface area contributed by atoms with Gasteiger partial charge in [0.25, 0.3) is 0 Å². The Hall–Kier alpha value is -0.510. The molecule has 82 valence electrons. The zero-order valence-electron chi connectivity index (χ0n) is 8.97. The topological polar surface area (TPSA) is 23.5 Å². The molecule has 0 bridgehead atoms. The predicted molar refractivity (Wildman–Crippen MR) is 64.2 cm³/mol. The van der Waals surface area contributed by atoms with Crippen LogP contribution in [0.3, 0.4) is 0 Å². The lowest BCUT2D eigenvalue weighted by atomic mass is 10.1. The van der Waals surface area contributed by atoms with E-state index in [1.165, 1.54) is 4.90 Å². The van der Waals surface area contributed by atoms with Gasteiger partial charge in [-0.3, -0.25) is 0 Å². The summed E-state index contributed by atoms with van der Waals surface area (Å²) in [7, 11) is 2.06. The molecule has 0 aromatic heterocycles. The van der Waals surface area contributed by atoms with Gasteiger partial charge in [-0.25, -0.2) is 0 Å². The number of aliphatic hydroxyl groups is 1. The van der Waals surface area contributed by atoms with E-state index in [1.807, 2.05) is 18.2 Å². The summed E-state index contributed by atoms with van der Waals surface area (Å²) in [5.74, 6) is 0. The monoisotopic (exact) mass is 223 g/mol.